The van der Waals surface area contributed by atoms with Crippen molar-refractivity contribution in [2.75, 3.05) is 31.3 Å². The van der Waals surface area contributed by atoms with Crippen molar-refractivity contribution in [3.8, 4) is 0 Å². The average molecular weight is 280 g/mol. The Morgan fingerprint density at radius 3 is 2.95 bits per heavy atom. The van der Waals surface area contributed by atoms with Crippen molar-refractivity contribution in [2.24, 2.45) is 0 Å². The zero-order valence-electron chi connectivity index (χ0n) is 11.1. The van der Waals surface area contributed by atoms with Crippen LogP contribution in [0.5, 0.6) is 0 Å². The van der Waals surface area contributed by atoms with Crippen LogP contribution in [0.2, 0.25) is 0 Å². The van der Waals surface area contributed by atoms with Crippen LogP contribution in [0.3, 0.4) is 0 Å². The molecule has 108 valence electrons. The Morgan fingerprint density at radius 2 is 2.35 bits per heavy atom. The van der Waals surface area contributed by atoms with Crippen LogP contribution in [0, 0.1) is 10.1 Å². The molecule has 1 aromatic carbocycles. The van der Waals surface area contributed by atoms with Crippen molar-refractivity contribution in [2.45, 2.75) is 13.0 Å². The lowest BCUT2D eigenvalue weighted by Crippen LogP contribution is -2.47. The van der Waals surface area contributed by atoms with Crippen LogP contribution in [0.15, 0.2) is 18.2 Å². The lowest BCUT2D eigenvalue weighted by molar-refractivity contribution is -0.384. The predicted molar refractivity (Wildman–Crippen MR) is 72.1 cm³/mol. The Morgan fingerprint density at radius 1 is 1.60 bits per heavy atom. The van der Waals surface area contributed by atoms with Gasteiger partial charge in [0.2, 0.25) is 0 Å². The van der Waals surface area contributed by atoms with E-state index < -0.39 is 4.92 Å². The van der Waals surface area contributed by atoms with E-state index in [-0.39, 0.29) is 24.1 Å². The maximum absolute atomic E-state index is 11.3. The molecule has 1 fully saturated rings. The number of nitrogens with zero attached hydrogens (tertiary/aromatic N) is 2. The molecule has 1 saturated heterocycles. The lowest BCUT2D eigenvalue weighted by atomic mass is 10.1. The van der Waals surface area contributed by atoms with Gasteiger partial charge in [-0.05, 0) is 19.1 Å². The summed E-state index contributed by atoms with van der Waals surface area (Å²) in [6.07, 6.45) is 0. The molecule has 1 aliphatic rings. The van der Waals surface area contributed by atoms with Gasteiger partial charge in [0, 0.05) is 18.2 Å². The molecule has 0 saturated carbocycles. The highest BCUT2D eigenvalue weighted by Crippen LogP contribution is 2.31. The van der Waals surface area contributed by atoms with Crippen molar-refractivity contribution in [3.05, 3.63) is 33.9 Å². The fraction of sp³-hybridized carbons (Fsp3) is 0.462. The van der Waals surface area contributed by atoms with Crippen molar-refractivity contribution < 1.29 is 19.6 Å². The average Bonchev–Trinajstić information content (AvgIpc) is 2.46. The maximum Gasteiger partial charge on any atom is 0.293 e. The molecule has 1 unspecified atom stereocenters. The van der Waals surface area contributed by atoms with Crippen molar-refractivity contribution in [3.63, 3.8) is 0 Å². The summed E-state index contributed by atoms with van der Waals surface area (Å²) in [6, 6.07) is 4.09. The number of nitro groups is 1. The molecule has 0 aliphatic carbocycles. The third kappa shape index (κ3) is 2.78. The Labute approximate surface area is 115 Å². The first-order chi connectivity index (χ1) is 9.54. The number of Topliss-reactive ketones (excluding diaryl/α,β-unsaturated/α-hetero) is 1. The first-order valence-corrected chi connectivity index (χ1v) is 6.29. The summed E-state index contributed by atoms with van der Waals surface area (Å²) in [5.74, 6) is -0.222. The molecular weight excluding hydrogens is 264 g/mol. The summed E-state index contributed by atoms with van der Waals surface area (Å²) in [7, 11) is 0. The minimum Gasteiger partial charge on any atom is -0.394 e. The number of carbonyl (C=O) groups is 1. The number of benzene rings is 1. The summed E-state index contributed by atoms with van der Waals surface area (Å²) < 4.78 is 5.26. The van der Waals surface area contributed by atoms with Gasteiger partial charge in [0.15, 0.2) is 5.78 Å². The zero-order chi connectivity index (χ0) is 14.7. The summed E-state index contributed by atoms with van der Waals surface area (Å²) >= 11 is 0. The standard InChI is InChI=1S/C13H16N2O5/c1-9(17)10-2-3-12(13(6-10)15(18)19)14-4-5-20-8-11(14)7-16/h2-3,6,11,16H,4-5,7-8H2,1H3. The third-order valence-electron chi connectivity index (χ3n) is 3.33. The lowest BCUT2D eigenvalue weighted by Gasteiger charge is -2.35. The number of anilines is 1. The van der Waals surface area contributed by atoms with Gasteiger partial charge in [-0.25, -0.2) is 0 Å². The van der Waals surface area contributed by atoms with E-state index in [0.717, 1.165) is 0 Å². The van der Waals surface area contributed by atoms with Crippen LogP contribution < -0.4 is 4.90 Å². The van der Waals surface area contributed by atoms with E-state index in [9.17, 15) is 20.0 Å². The monoisotopic (exact) mass is 280 g/mol. The molecule has 1 N–H and O–H groups in total. The van der Waals surface area contributed by atoms with E-state index in [1.54, 1.807) is 17.0 Å². The van der Waals surface area contributed by atoms with Crippen molar-refractivity contribution in [1.82, 2.24) is 0 Å². The Balaban J connectivity index is 2.44. The summed E-state index contributed by atoms with van der Waals surface area (Å²) in [5.41, 5.74) is 0.578. The second-order valence-corrected chi connectivity index (χ2v) is 4.62. The normalized spacial score (nSPS) is 18.9. The minimum atomic E-state index is -0.508. The molecule has 0 spiro atoms. The number of aliphatic hydroxyl groups is 1. The molecule has 20 heavy (non-hydrogen) atoms. The van der Waals surface area contributed by atoms with Gasteiger partial charge in [-0.3, -0.25) is 14.9 Å². The minimum absolute atomic E-state index is 0.127. The zero-order valence-corrected chi connectivity index (χ0v) is 11.1. The highest BCUT2D eigenvalue weighted by Gasteiger charge is 2.28. The number of rotatable bonds is 4. The largest absolute Gasteiger partial charge is 0.394 e. The van der Waals surface area contributed by atoms with Gasteiger partial charge >= 0.3 is 0 Å². The first-order valence-electron chi connectivity index (χ1n) is 6.29. The number of hydrogen-bond donors (Lipinski definition) is 1. The maximum atomic E-state index is 11.3. The number of ether oxygens (including phenoxy) is 1. The molecule has 1 atom stereocenters. The van der Waals surface area contributed by atoms with Crippen molar-refractivity contribution >= 4 is 17.2 Å². The molecule has 0 radical (unpaired) electrons. The predicted octanol–water partition coefficient (Wildman–Crippen LogP) is 0.995. The Hall–Kier alpha value is -1.99. The van der Waals surface area contributed by atoms with Crippen LogP contribution in [0.1, 0.15) is 17.3 Å². The molecule has 1 heterocycles. The van der Waals surface area contributed by atoms with Crippen LogP contribution in [0.4, 0.5) is 11.4 Å². The molecule has 7 nitrogen and oxygen atoms in total. The number of aliphatic hydroxyl groups excluding tert-OH is 1. The molecule has 2 rings (SSSR count). The van der Waals surface area contributed by atoms with E-state index in [4.69, 9.17) is 4.74 Å². The first kappa shape index (κ1) is 14.4. The number of nitro benzene ring substituents is 1. The molecule has 0 amide bonds. The van der Waals surface area contributed by atoms with Crippen LogP contribution in [-0.4, -0.2) is 48.2 Å². The van der Waals surface area contributed by atoms with Crippen LogP contribution in [0.25, 0.3) is 0 Å². The summed E-state index contributed by atoms with van der Waals surface area (Å²) in [4.78, 5) is 23.8. The van der Waals surface area contributed by atoms with E-state index >= 15 is 0 Å². The number of hydrogen-bond acceptors (Lipinski definition) is 6. The van der Waals surface area contributed by atoms with E-state index in [2.05, 4.69) is 0 Å². The number of carbonyl (C=O) groups excluding carboxylic acids is 1. The molecular formula is C13H16N2O5. The van der Waals surface area contributed by atoms with Gasteiger partial charge in [-0.1, -0.05) is 0 Å². The molecule has 1 aromatic rings. The Kier molecular flexibility index (Phi) is 4.31. The second kappa shape index (κ2) is 5.98. The number of morpholine rings is 1. The number of ketones is 1. The quantitative estimate of drug-likeness (QED) is 0.502. The summed E-state index contributed by atoms with van der Waals surface area (Å²) in [5, 5.41) is 20.6. The van der Waals surface area contributed by atoms with Gasteiger partial charge in [-0.15, -0.1) is 0 Å². The molecule has 1 aliphatic heterocycles. The van der Waals surface area contributed by atoms with Gasteiger partial charge in [0.1, 0.15) is 5.69 Å². The van der Waals surface area contributed by atoms with E-state index in [1.165, 1.54) is 13.0 Å². The van der Waals surface area contributed by atoms with Gasteiger partial charge in [-0.2, -0.15) is 0 Å². The Bertz CT molecular complexity index is 531. The van der Waals surface area contributed by atoms with Gasteiger partial charge in [0.05, 0.1) is 30.8 Å². The third-order valence-corrected chi connectivity index (χ3v) is 3.33. The second-order valence-electron chi connectivity index (χ2n) is 4.62. The van der Waals surface area contributed by atoms with Gasteiger partial charge < -0.3 is 14.7 Å². The SMILES string of the molecule is CC(=O)c1ccc(N2CCOCC2CO)c([N+](=O)[O-])c1. The van der Waals surface area contributed by atoms with Gasteiger partial charge in [0.25, 0.3) is 5.69 Å². The van der Waals surface area contributed by atoms with Crippen LogP contribution in [-0.2, 0) is 4.74 Å². The topological polar surface area (TPSA) is 92.9 Å². The molecule has 0 bridgehead atoms. The molecule has 7 heteroatoms. The van der Waals surface area contributed by atoms with Crippen LogP contribution >= 0.6 is 0 Å². The van der Waals surface area contributed by atoms with E-state index in [0.29, 0.717) is 31.0 Å². The van der Waals surface area contributed by atoms with Crippen molar-refractivity contribution in [1.29, 1.82) is 0 Å². The fourth-order valence-corrected chi connectivity index (χ4v) is 2.25. The summed E-state index contributed by atoms with van der Waals surface area (Å²) in [6.45, 7) is 2.45. The smallest absolute Gasteiger partial charge is 0.293 e. The highest BCUT2D eigenvalue weighted by molar-refractivity contribution is 5.95. The fourth-order valence-electron chi connectivity index (χ4n) is 2.25. The highest BCUT2D eigenvalue weighted by atomic mass is 16.6. The molecule has 0 aromatic heterocycles. The van der Waals surface area contributed by atoms with E-state index in [1.807, 2.05) is 0 Å².